The van der Waals surface area contributed by atoms with E-state index in [1.807, 2.05) is 0 Å². The summed E-state index contributed by atoms with van der Waals surface area (Å²) < 4.78 is 0. The standard InChI is InChI=1S/C15H30N2/c1-2-5-15-8-11-17(13-15)10-4-7-14-6-3-9-16-12-14/h14-16H,2-13H2,1H3. The fraction of sp³-hybridized carbons (Fsp3) is 1.00. The van der Waals surface area contributed by atoms with Gasteiger partial charge < -0.3 is 10.2 Å². The summed E-state index contributed by atoms with van der Waals surface area (Å²) >= 11 is 0. The fourth-order valence-electron chi connectivity index (χ4n) is 3.53. The number of hydrogen-bond donors (Lipinski definition) is 1. The molecule has 2 heterocycles. The Hall–Kier alpha value is -0.0800. The van der Waals surface area contributed by atoms with E-state index < -0.39 is 0 Å². The molecule has 17 heavy (non-hydrogen) atoms. The molecule has 0 aromatic heterocycles. The summed E-state index contributed by atoms with van der Waals surface area (Å²) in [4.78, 5) is 2.70. The van der Waals surface area contributed by atoms with Gasteiger partial charge in [0.05, 0.1) is 0 Å². The van der Waals surface area contributed by atoms with Gasteiger partial charge in [0.2, 0.25) is 0 Å². The summed E-state index contributed by atoms with van der Waals surface area (Å²) in [6, 6.07) is 0. The van der Waals surface area contributed by atoms with Crippen molar-refractivity contribution < 1.29 is 0 Å². The van der Waals surface area contributed by atoms with Crippen LogP contribution in [-0.2, 0) is 0 Å². The van der Waals surface area contributed by atoms with Crippen LogP contribution in [0.2, 0.25) is 0 Å². The first-order chi connectivity index (χ1) is 8.38. The number of likely N-dealkylation sites (tertiary alicyclic amines) is 1. The molecule has 0 aromatic rings. The van der Waals surface area contributed by atoms with Crippen LogP contribution in [0.15, 0.2) is 0 Å². The molecule has 2 saturated heterocycles. The van der Waals surface area contributed by atoms with E-state index in [-0.39, 0.29) is 0 Å². The largest absolute Gasteiger partial charge is 0.316 e. The molecule has 0 bridgehead atoms. The molecule has 0 spiro atoms. The Morgan fingerprint density at radius 1 is 1.18 bits per heavy atom. The molecule has 2 atom stereocenters. The lowest BCUT2D eigenvalue weighted by Crippen LogP contribution is -2.30. The predicted octanol–water partition coefficient (Wildman–Crippen LogP) is 2.89. The average molecular weight is 238 g/mol. The molecule has 2 aliphatic heterocycles. The molecular weight excluding hydrogens is 208 g/mol. The first kappa shape index (κ1) is 13.4. The SMILES string of the molecule is CCCC1CCN(CCCC2CCCNC2)C1. The van der Waals surface area contributed by atoms with E-state index in [1.165, 1.54) is 77.7 Å². The topological polar surface area (TPSA) is 15.3 Å². The van der Waals surface area contributed by atoms with Gasteiger partial charge in [0, 0.05) is 6.54 Å². The molecule has 2 aliphatic rings. The second kappa shape index (κ2) is 7.38. The van der Waals surface area contributed by atoms with Gasteiger partial charge in [-0.25, -0.2) is 0 Å². The van der Waals surface area contributed by atoms with Crippen LogP contribution in [0.5, 0.6) is 0 Å². The number of hydrogen-bond acceptors (Lipinski definition) is 2. The third-order valence-corrected chi connectivity index (χ3v) is 4.55. The van der Waals surface area contributed by atoms with Gasteiger partial charge in [-0.05, 0) is 76.5 Å². The van der Waals surface area contributed by atoms with Crippen LogP contribution in [0.4, 0.5) is 0 Å². The van der Waals surface area contributed by atoms with E-state index in [0.29, 0.717) is 0 Å². The van der Waals surface area contributed by atoms with Gasteiger partial charge in [0.25, 0.3) is 0 Å². The number of nitrogens with zero attached hydrogens (tertiary/aromatic N) is 1. The van der Waals surface area contributed by atoms with Crippen molar-refractivity contribution in [3.63, 3.8) is 0 Å². The van der Waals surface area contributed by atoms with Crippen LogP contribution in [0, 0.1) is 11.8 Å². The molecule has 0 amide bonds. The monoisotopic (exact) mass is 238 g/mol. The van der Waals surface area contributed by atoms with E-state index >= 15 is 0 Å². The highest BCUT2D eigenvalue weighted by Crippen LogP contribution is 2.22. The van der Waals surface area contributed by atoms with Crippen molar-refractivity contribution in [2.75, 3.05) is 32.7 Å². The van der Waals surface area contributed by atoms with Gasteiger partial charge in [-0.2, -0.15) is 0 Å². The quantitative estimate of drug-likeness (QED) is 0.765. The summed E-state index contributed by atoms with van der Waals surface area (Å²) in [5, 5.41) is 3.52. The predicted molar refractivity (Wildman–Crippen MR) is 74.3 cm³/mol. The van der Waals surface area contributed by atoms with E-state index in [9.17, 15) is 0 Å². The van der Waals surface area contributed by atoms with Crippen LogP contribution >= 0.6 is 0 Å². The zero-order valence-electron chi connectivity index (χ0n) is 11.6. The second-order valence-corrected chi connectivity index (χ2v) is 6.10. The van der Waals surface area contributed by atoms with Crippen LogP contribution in [0.25, 0.3) is 0 Å². The Labute approximate surface area is 107 Å². The Morgan fingerprint density at radius 2 is 2.12 bits per heavy atom. The Morgan fingerprint density at radius 3 is 2.88 bits per heavy atom. The first-order valence-electron chi connectivity index (χ1n) is 7.81. The van der Waals surface area contributed by atoms with Crippen LogP contribution in [0.1, 0.15) is 51.9 Å². The molecule has 0 aromatic carbocycles. The fourth-order valence-corrected chi connectivity index (χ4v) is 3.53. The van der Waals surface area contributed by atoms with E-state index in [1.54, 1.807) is 0 Å². The third-order valence-electron chi connectivity index (χ3n) is 4.55. The highest BCUT2D eigenvalue weighted by molar-refractivity contribution is 4.76. The van der Waals surface area contributed by atoms with E-state index in [0.717, 1.165) is 11.8 Å². The molecule has 2 heteroatoms. The van der Waals surface area contributed by atoms with Crippen molar-refractivity contribution in [3.05, 3.63) is 0 Å². The lowest BCUT2D eigenvalue weighted by molar-refractivity contribution is 0.285. The van der Waals surface area contributed by atoms with Crippen molar-refractivity contribution in [1.82, 2.24) is 10.2 Å². The van der Waals surface area contributed by atoms with Gasteiger partial charge in [-0.3, -0.25) is 0 Å². The summed E-state index contributed by atoms with van der Waals surface area (Å²) in [5.74, 6) is 1.98. The average Bonchev–Trinajstić information content (AvgIpc) is 2.79. The molecule has 2 rings (SSSR count). The first-order valence-corrected chi connectivity index (χ1v) is 7.81. The smallest absolute Gasteiger partial charge is 0.00101 e. The number of nitrogens with one attached hydrogen (secondary N) is 1. The van der Waals surface area contributed by atoms with Crippen molar-refractivity contribution in [2.24, 2.45) is 11.8 Å². The van der Waals surface area contributed by atoms with Crippen molar-refractivity contribution in [2.45, 2.75) is 51.9 Å². The maximum atomic E-state index is 3.52. The second-order valence-electron chi connectivity index (χ2n) is 6.10. The van der Waals surface area contributed by atoms with E-state index in [2.05, 4.69) is 17.1 Å². The third kappa shape index (κ3) is 4.59. The highest BCUT2D eigenvalue weighted by Gasteiger charge is 2.21. The highest BCUT2D eigenvalue weighted by atomic mass is 15.1. The molecule has 100 valence electrons. The molecule has 1 N–H and O–H groups in total. The maximum Gasteiger partial charge on any atom is 0.00101 e. The molecular formula is C15H30N2. The Bertz CT molecular complexity index is 199. The van der Waals surface area contributed by atoms with Gasteiger partial charge in [-0.15, -0.1) is 0 Å². The summed E-state index contributed by atoms with van der Waals surface area (Å²) in [5.41, 5.74) is 0. The molecule has 0 saturated carbocycles. The van der Waals surface area contributed by atoms with Crippen LogP contribution in [0.3, 0.4) is 0 Å². The molecule has 2 unspecified atom stereocenters. The maximum absolute atomic E-state index is 3.52. The van der Waals surface area contributed by atoms with E-state index in [4.69, 9.17) is 0 Å². The molecule has 2 nitrogen and oxygen atoms in total. The van der Waals surface area contributed by atoms with Crippen molar-refractivity contribution >= 4 is 0 Å². The minimum Gasteiger partial charge on any atom is -0.316 e. The van der Waals surface area contributed by atoms with Crippen molar-refractivity contribution in [1.29, 1.82) is 0 Å². The number of piperidine rings is 1. The minimum absolute atomic E-state index is 0.970. The summed E-state index contributed by atoms with van der Waals surface area (Å²) in [6.45, 7) is 8.96. The van der Waals surface area contributed by atoms with Crippen LogP contribution in [-0.4, -0.2) is 37.6 Å². The summed E-state index contributed by atoms with van der Waals surface area (Å²) in [7, 11) is 0. The number of rotatable bonds is 6. The van der Waals surface area contributed by atoms with Gasteiger partial charge in [0.1, 0.15) is 0 Å². The lowest BCUT2D eigenvalue weighted by atomic mass is 9.95. The summed E-state index contributed by atoms with van der Waals surface area (Å²) in [6.07, 6.45) is 10.00. The molecule has 0 radical (unpaired) electrons. The van der Waals surface area contributed by atoms with Gasteiger partial charge in [-0.1, -0.05) is 13.3 Å². The normalized spacial score (nSPS) is 30.9. The Kier molecular flexibility index (Phi) is 5.79. The molecule has 0 aliphatic carbocycles. The minimum atomic E-state index is 0.970. The van der Waals surface area contributed by atoms with Gasteiger partial charge in [0.15, 0.2) is 0 Å². The zero-order valence-corrected chi connectivity index (χ0v) is 11.6. The van der Waals surface area contributed by atoms with Gasteiger partial charge >= 0.3 is 0 Å². The Balaban J connectivity index is 1.53. The zero-order chi connectivity index (χ0) is 11.9. The lowest BCUT2D eigenvalue weighted by Gasteiger charge is -2.23. The molecule has 2 fully saturated rings. The van der Waals surface area contributed by atoms with Crippen molar-refractivity contribution in [3.8, 4) is 0 Å². The van der Waals surface area contributed by atoms with Crippen LogP contribution < -0.4 is 5.32 Å².